The topological polar surface area (TPSA) is 167 Å². The molecule has 0 bridgehead atoms. The van der Waals surface area contributed by atoms with Crippen LogP contribution in [0.2, 0.25) is 0 Å². The van der Waals surface area contributed by atoms with Crippen molar-refractivity contribution in [1.29, 1.82) is 5.53 Å². The van der Waals surface area contributed by atoms with Crippen LogP contribution in [0.3, 0.4) is 0 Å². The van der Waals surface area contributed by atoms with Crippen molar-refractivity contribution in [2.24, 2.45) is 21.0 Å². The zero-order valence-corrected chi connectivity index (χ0v) is 29.3. The van der Waals surface area contributed by atoms with Crippen LogP contribution in [0, 0.1) is 129 Å². The average molecular weight is 727 g/mol. The summed E-state index contributed by atoms with van der Waals surface area (Å²) in [7, 11) is 2.16. The molecule has 0 amide bonds. The molecule has 1 aromatic carbocycles. The minimum absolute atomic E-state index is 0. The van der Waals surface area contributed by atoms with Gasteiger partial charge in [0.05, 0.1) is 0 Å². The molecule has 12 nitrogen and oxygen atoms in total. The number of hydrogen-bond acceptors (Lipinski definition) is 8. The first-order chi connectivity index (χ1) is 26.5. The van der Waals surface area contributed by atoms with Gasteiger partial charge in [-0.25, -0.2) is 9.97 Å². The number of ether oxygens (including phenoxy) is 1. The molecule has 3 heterocycles. The fraction of sp³-hybridized carbons (Fsp3) is 0.190. The molecular formula is C42H50N10O2. The Kier molecular flexibility index (Phi) is 21.1. The van der Waals surface area contributed by atoms with Gasteiger partial charge in [-0.3, -0.25) is 0 Å². The molecule has 280 valence electrons. The van der Waals surface area contributed by atoms with E-state index in [0.29, 0.717) is 12.4 Å². The van der Waals surface area contributed by atoms with Crippen molar-refractivity contribution < 1.29 is 19.0 Å². The SMILES string of the molecule is C#CC#CC#CC#CC#CC#CC#CC#CC#CC#CC.CN1CCC(Oc2ccnc(NCc3ccc4c(N)nccc4c3)c2)CC1.N=N/N=N/N=O.[HH].[HH].[HH].[HH].[HH].[HH].[HH].[HH].[HH].[HH]. The van der Waals surface area contributed by atoms with Gasteiger partial charge in [0.15, 0.2) is 0 Å². The molecule has 0 spiro atoms. The Morgan fingerprint density at radius 1 is 0.852 bits per heavy atom. The summed E-state index contributed by atoms with van der Waals surface area (Å²) in [5, 5.41) is 14.7. The van der Waals surface area contributed by atoms with Crippen molar-refractivity contribution in [3.8, 4) is 125 Å². The molecule has 1 aliphatic heterocycles. The van der Waals surface area contributed by atoms with Gasteiger partial charge in [-0.1, -0.05) is 18.1 Å². The number of fused-ring (bicyclic) bond motifs is 1. The fourth-order valence-corrected chi connectivity index (χ4v) is 4.03. The molecule has 0 radical (unpaired) electrons. The minimum atomic E-state index is 0. The number of hydrogen-bond donors (Lipinski definition) is 3. The summed E-state index contributed by atoms with van der Waals surface area (Å²) < 4.78 is 6.14. The highest BCUT2D eigenvalue weighted by atomic mass is 16.5. The number of aromatic nitrogens is 2. The van der Waals surface area contributed by atoms with Crippen molar-refractivity contribution in [2.75, 3.05) is 31.2 Å². The van der Waals surface area contributed by atoms with Crippen LogP contribution in [0.4, 0.5) is 11.6 Å². The summed E-state index contributed by atoms with van der Waals surface area (Å²) in [4.78, 5) is 19.8. The number of nitrogen functional groups attached to an aromatic ring is 1. The predicted molar refractivity (Wildman–Crippen MR) is 230 cm³/mol. The highest BCUT2D eigenvalue weighted by Gasteiger charge is 2.18. The third kappa shape index (κ3) is 18.9. The van der Waals surface area contributed by atoms with E-state index in [-0.39, 0.29) is 20.4 Å². The summed E-state index contributed by atoms with van der Waals surface area (Å²) in [5.41, 5.74) is 13.0. The van der Waals surface area contributed by atoms with E-state index in [4.69, 9.17) is 27.3 Å². The fourth-order valence-electron chi connectivity index (χ4n) is 4.03. The van der Waals surface area contributed by atoms with E-state index in [2.05, 4.69) is 168 Å². The van der Waals surface area contributed by atoms with E-state index >= 15 is 0 Å². The minimum Gasteiger partial charge on any atom is -0.490 e. The monoisotopic (exact) mass is 726 g/mol. The highest BCUT2D eigenvalue weighted by molar-refractivity contribution is 5.91. The Bertz CT molecular complexity index is 2470. The van der Waals surface area contributed by atoms with Crippen LogP contribution in [0.1, 0.15) is 39.6 Å². The number of nitrogens with zero attached hydrogens (tertiary/aromatic N) is 7. The first-order valence-electron chi connectivity index (χ1n) is 15.6. The van der Waals surface area contributed by atoms with Crippen molar-refractivity contribution in [3.05, 3.63) is 59.3 Å². The van der Waals surface area contributed by atoms with E-state index in [1.54, 1.807) is 19.3 Å². The number of pyridine rings is 2. The second-order valence-corrected chi connectivity index (χ2v) is 9.98. The second-order valence-electron chi connectivity index (χ2n) is 9.98. The summed E-state index contributed by atoms with van der Waals surface area (Å²) in [6, 6.07) is 12.1. The summed E-state index contributed by atoms with van der Waals surface area (Å²) in [6.45, 7) is 4.55. The summed E-state index contributed by atoms with van der Waals surface area (Å²) in [6.07, 6.45) is 10.8. The highest BCUT2D eigenvalue weighted by Crippen LogP contribution is 2.22. The number of anilines is 2. The standard InChI is InChI=1S/C21H25N5O.C21H4.HN5O.10H2/c1-26-10-6-17(7-11-26)27-18-5-9-23-20(13-18)25-14-15-2-3-19-16(12-15)4-8-24-21(19)22;1-3-5-7-9-11-13-15-17-19-21-20-18-16-14-12-10-8-6-4-2;1-2-3-4-5-6;;;;;;;;;;/h2-5,8-9,12-13,17H,6-7,10-11,14H2,1H3,(H2,22,24)(H,23,25);1H,2H3;1H;10*1H/b;;2-1?,4-3+;;;;;;;;;;. The molecule has 1 saturated heterocycles. The van der Waals surface area contributed by atoms with Crippen LogP contribution < -0.4 is 15.8 Å². The Labute approximate surface area is 330 Å². The number of likely N-dealkylation sites (tertiary alicyclic amines) is 1. The lowest BCUT2D eigenvalue weighted by Crippen LogP contribution is -2.35. The summed E-state index contributed by atoms with van der Waals surface area (Å²) >= 11 is 0. The lowest BCUT2D eigenvalue weighted by Gasteiger charge is -2.29. The smallest absolute Gasteiger partial charge is 0.131 e. The molecular weight excluding hydrogens is 677 g/mol. The zero-order valence-electron chi connectivity index (χ0n) is 29.3. The Hall–Kier alpha value is -8.46. The molecule has 12 heteroatoms. The molecule has 0 unspecified atom stereocenters. The van der Waals surface area contributed by atoms with Gasteiger partial charge >= 0.3 is 0 Å². The molecule has 4 N–H and O–H groups in total. The summed E-state index contributed by atoms with van der Waals surface area (Å²) in [5.74, 6) is 49.2. The van der Waals surface area contributed by atoms with Crippen LogP contribution in [-0.4, -0.2) is 41.1 Å². The lowest BCUT2D eigenvalue weighted by molar-refractivity contribution is 0.114. The van der Waals surface area contributed by atoms with Crippen molar-refractivity contribution in [1.82, 2.24) is 14.9 Å². The number of benzene rings is 1. The molecule has 0 saturated carbocycles. The predicted octanol–water partition coefficient (Wildman–Crippen LogP) is 7.49. The zero-order chi connectivity index (χ0) is 38.9. The largest absolute Gasteiger partial charge is 0.490 e. The van der Waals surface area contributed by atoms with Crippen molar-refractivity contribution in [2.45, 2.75) is 32.4 Å². The molecule has 1 fully saturated rings. The van der Waals surface area contributed by atoms with Gasteiger partial charge in [0.1, 0.15) is 28.8 Å². The van der Waals surface area contributed by atoms with Crippen LogP contribution in [0.25, 0.3) is 10.8 Å². The van der Waals surface area contributed by atoms with Crippen LogP contribution in [-0.2, 0) is 6.54 Å². The second kappa shape index (κ2) is 27.4. The van der Waals surface area contributed by atoms with Crippen LogP contribution in [0.5, 0.6) is 5.75 Å². The average Bonchev–Trinajstić information content (AvgIpc) is 3.19. The Morgan fingerprint density at radius 2 is 1.43 bits per heavy atom. The van der Waals surface area contributed by atoms with Gasteiger partial charge in [0, 0.05) is 74.8 Å². The van der Waals surface area contributed by atoms with Gasteiger partial charge in [-0.2, -0.15) is 5.53 Å². The third-order valence-corrected chi connectivity index (χ3v) is 6.35. The molecule has 1 aliphatic rings. The first kappa shape index (κ1) is 41.7. The molecule has 3 aromatic rings. The van der Waals surface area contributed by atoms with Gasteiger partial charge in [-0.05, 0) is 161 Å². The number of nitrogens with two attached hydrogens (primary N) is 1. The van der Waals surface area contributed by atoms with Gasteiger partial charge in [0.2, 0.25) is 0 Å². The van der Waals surface area contributed by atoms with E-state index in [0.717, 1.165) is 53.8 Å². The molecule has 2 aromatic heterocycles. The van der Waals surface area contributed by atoms with Gasteiger partial charge < -0.3 is 20.7 Å². The maximum Gasteiger partial charge on any atom is 0.131 e. The lowest BCUT2D eigenvalue weighted by atomic mass is 10.1. The number of nitrogens with one attached hydrogen (secondary N) is 2. The van der Waals surface area contributed by atoms with Crippen molar-refractivity contribution in [3.63, 3.8) is 0 Å². The maximum absolute atomic E-state index is 8.91. The van der Waals surface area contributed by atoms with Crippen molar-refractivity contribution >= 4 is 22.4 Å². The van der Waals surface area contributed by atoms with Gasteiger partial charge in [0.25, 0.3) is 0 Å². The van der Waals surface area contributed by atoms with Crippen LogP contribution >= 0.6 is 0 Å². The van der Waals surface area contributed by atoms with Crippen LogP contribution in [0.15, 0.2) is 69.7 Å². The quantitative estimate of drug-likeness (QED) is 0.0981. The number of terminal acetylenes is 1. The first-order valence-corrected chi connectivity index (χ1v) is 15.6. The Morgan fingerprint density at radius 3 is 1.96 bits per heavy atom. The third-order valence-electron chi connectivity index (χ3n) is 6.35. The van der Waals surface area contributed by atoms with E-state index in [9.17, 15) is 0 Å². The van der Waals surface area contributed by atoms with E-state index < -0.39 is 0 Å². The molecule has 0 aliphatic carbocycles. The van der Waals surface area contributed by atoms with E-state index in [1.165, 1.54) is 0 Å². The molecule has 54 heavy (non-hydrogen) atoms. The Balaban J connectivity index is -0.000000107. The maximum atomic E-state index is 8.91. The van der Waals surface area contributed by atoms with E-state index in [1.807, 2.05) is 29.6 Å². The number of piperidine rings is 1. The molecule has 4 rings (SSSR count). The number of rotatable bonds is 7. The molecule has 0 atom stereocenters. The normalized spacial score (nSPS) is 10.3. The number of nitroso groups, excluding NO2 is 1. The van der Waals surface area contributed by atoms with Gasteiger partial charge in [-0.15, -0.1) is 11.3 Å².